The van der Waals surface area contributed by atoms with Gasteiger partial charge in [-0.15, -0.1) is 35.3 Å². The van der Waals surface area contributed by atoms with Gasteiger partial charge in [-0.25, -0.2) is 15.0 Å². The Balaban J connectivity index is 0.00000341. The molecule has 0 radical (unpaired) electrons. The minimum absolute atomic E-state index is 0. The average molecular weight is 558 g/mol. The minimum atomic E-state index is 0. The molecular formula is C21H32IN7OS. The van der Waals surface area contributed by atoms with E-state index in [0.717, 1.165) is 55.2 Å². The lowest BCUT2D eigenvalue weighted by molar-refractivity contribution is -0.131. The number of hydrogen-bond donors (Lipinski definition) is 2. The molecule has 10 heteroatoms. The van der Waals surface area contributed by atoms with Crippen LogP contribution in [0.3, 0.4) is 0 Å². The molecule has 1 aliphatic rings. The van der Waals surface area contributed by atoms with Crippen LogP contribution in [0.2, 0.25) is 0 Å². The number of pyridine rings is 1. The third-order valence-corrected chi connectivity index (χ3v) is 6.08. The number of guanidine groups is 1. The van der Waals surface area contributed by atoms with Crippen molar-refractivity contribution in [3.63, 3.8) is 0 Å². The molecule has 2 aromatic heterocycles. The topological polar surface area (TPSA) is 85.7 Å². The summed E-state index contributed by atoms with van der Waals surface area (Å²) < 4.78 is 0. The number of amides is 1. The van der Waals surface area contributed by atoms with Gasteiger partial charge < -0.3 is 20.4 Å². The monoisotopic (exact) mass is 557 g/mol. The Bertz CT molecular complexity index is 831. The number of nitrogens with one attached hydrogen (secondary N) is 2. The Labute approximate surface area is 205 Å². The number of hydrogen-bond acceptors (Lipinski definition) is 6. The number of aryl methyl sites for hydroxylation is 2. The summed E-state index contributed by atoms with van der Waals surface area (Å²) in [5.74, 6) is 1.87. The number of anilines is 1. The molecule has 170 valence electrons. The van der Waals surface area contributed by atoms with Gasteiger partial charge in [0.1, 0.15) is 10.8 Å². The van der Waals surface area contributed by atoms with Crippen LogP contribution < -0.4 is 15.5 Å². The highest BCUT2D eigenvalue weighted by molar-refractivity contribution is 14.0. The van der Waals surface area contributed by atoms with Gasteiger partial charge in [-0.3, -0.25) is 4.79 Å². The van der Waals surface area contributed by atoms with Gasteiger partial charge in [0.15, 0.2) is 5.96 Å². The summed E-state index contributed by atoms with van der Waals surface area (Å²) in [5.41, 5.74) is 1.07. The predicted molar refractivity (Wildman–Crippen MR) is 137 cm³/mol. The number of carbonyl (C=O) groups excluding carboxylic acids is 1. The second-order valence-electron chi connectivity index (χ2n) is 7.18. The average Bonchev–Trinajstić information content (AvgIpc) is 3.10. The molecule has 1 saturated heterocycles. The van der Waals surface area contributed by atoms with Crippen LogP contribution in [-0.2, 0) is 11.3 Å². The van der Waals surface area contributed by atoms with Crippen LogP contribution in [-0.4, -0.2) is 66.0 Å². The molecule has 3 rings (SSSR count). The first kappa shape index (κ1) is 25.3. The van der Waals surface area contributed by atoms with E-state index in [1.807, 2.05) is 36.9 Å². The highest BCUT2D eigenvalue weighted by Gasteiger charge is 2.21. The molecule has 3 heterocycles. The molecule has 2 N–H and O–H groups in total. The van der Waals surface area contributed by atoms with Gasteiger partial charge in [-0.2, -0.15) is 0 Å². The Kier molecular flexibility index (Phi) is 10.4. The first-order valence-electron chi connectivity index (χ1n) is 10.5. The van der Waals surface area contributed by atoms with Gasteiger partial charge in [0.05, 0.1) is 12.2 Å². The molecule has 0 saturated carbocycles. The number of nitrogens with zero attached hydrogens (tertiary/aromatic N) is 5. The van der Waals surface area contributed by atoms with Crippen molar-refractivity contribution in [3.05, 3.63) is 40.0 Å². The van der Waals surface area contributed by atoms with Gasteiger partial charge in [-0.1, -0.05) is 6.07 Å². The van der Waals surface area contributed by atoms with E-state index < -0.39 is 0 Å². The van der Waals surface area contributed by atoms with Crippen LogP contribution in [0.5, 0.6) is 0 Å². The standard InChI is InChI=1S/C21H31N7OS.HI/c1-4-22-21(25-15-19-26-16(2)17(3)30-19)24-10-8-20(29)28-13-11-27(12-14-28)18-7-5-6-9-23-18;/h5-7,9H,4,8,10-15H2,1-3H3,(H2,22,24,25);1H. The zero-order chi connectivity index (χ0) is 21.3. The first-order chi connectivity index (χ1) is 14.6. The fraction of sp³-hybridized carbons (Fsp3) is 0.524. The van der Waals surface area contributed by atoms with Gasteiger partial charge >= 0.3 is 0 Å². The van der Waals surface area contributed by atoms with Crippen molar-refractivity contribution in [1.29, 1.82) is 0 Å². The summed E-state index contributed by atoms with van der Waals surface area (Å²) in [6, 6.07) is 5.92. The van der Waals surface area contributed by atoms with Crippen molar-refractivity contribution in [2.45, 2.75) is 33.7 Å². The van der Waals surface area contributed by atoms with Crippen molar-refractivity contribution < 1.29 is 4.79 Å². The van der Waals surface area contributed by atoms with Crippen LogP contribution in [0.15, 0.2) is 29.4 Å². The van der Waals surface area contributed by atoms with E-state index in [-0.39, 0.29) is 29.9 Å². The highest BCUT2D eigenvalue weighted by Crippen LogP contribution is 2.17. The van der Waals surface area contributed by atoms with Crippen LogP contribution in [0.25, 0.3) is 0 Å². The van der Waals surface area contributed by atoms with Crippen molar-refractivity contribution in [1.82, 2.24) is 25.5 Å². The molecule has 8 nitrogen and oxygen atoms in total. The number of halogens is 1. The molecule has 0 unspecified atom stereocenters. The van der Waals surface area contributed by atoms with Gasteiger partial charge in [0.2, 0.25) is 5.91 Å². The molecule has 0 atom stereocenters. The Morgan fingerprint density at radius 2 is 1.97 bits per heavy atom. The Morgan fingerprint density at radius 1 is 1.19 bits per heavy atom. The molecule has 0 bridgehead atoms. The number of piperazine rings is 1. The maximum absolute atomic E-state index is 12.6. The summed E-state index contributed by atoms with van der Waals surface area (Å²) in [4.78, 5) is 31.5. The van der Waals surface area contributed by atoms with Crippen molar-refractivity contribution >= 4 is 53.0 Å². The summed E-state index contributed by atoms with van der Waals surface area (Å²) in [6.07, 6.45) is 2.25. The largest absolute Gasteiger partial charge is 0.357 e. The van der Waals surface area contributed by atoms with Gasteiger partial charge in [0.25, 0.3) is 0 Å². The van der Waals surface area contributed by atoms with E-state index in [1.165, 1.54) is 4.88 Å². The number of rotatable bonds is 7. The second kappa shape index (κ2) is 12.8. The lowest BCUT2D eigenvalue weighted by Crippen LogP contribution is -2.49. The molecule has 1 fully saturated rings. The molecule has 0 aliphatic carbocycles. The first-order valence-corrected chi connectivity index (χ1v) is 11.3. The molecule has 31 heavy (non-hydrogen) atoms. The fourth-order valence-corrected chi connectivity index (χ4v) is 4.13. The van der Waals surface area contributed by atoms with Crippen LogP contribution in [0, 0.1) is 13.8 Å². The quantitative estimate of drug-likeness (QED) is 0.309. The summed E-state index contributed by atoms with van der Waals surface area (Å²) in [7, 11) is 0. The van der Waals surface area contributed by atoms with Crippen LogP contribution >= 0.6 is 35.3 Å². The summed E-state index contributed by atoms with van der Waals surface area (Å²) in [5, 5.41) is 7.50. The van der Waals surface area contributed by atoms with E-state index in [2.05, 4.69) is 37.4 Å². The lowest BCUT2D eigenvalue weighted by Gasteiger charge is -2.35. The smallest absolute Gasteiger partial charge is 0.224 e. The molecule has 0 aromatic carbocycles. The van der Waals surface area contributed by atoms with E-state index in [1.54, 1.807) is 17.5 Å². The Morgan fingerprint density at radius 3 is 2.58 bits per heavy atom. The van der Waals surface area contributed by atoms with Crippen molar-refractivity contribution in [2.75, 3.05) is 44.2 Å². The van der Waals surface area contributed by atoms with Crippen molar-refractivity contribution in [2.24, 2.45) is 4.99 Å². The number of aliphatic imine (C=N–C) groups is 1. The summed E-state index contributed by atoms with van der Waals surface area (Å²) >= 11 is 1.68. The molecule has 2 aromatic rings. The van der Waals surface area contributed by atoms with E-state index in [0.29, 0.717) is 19.5 Å². The van der Waals surface area contributed by atoms with E-state index in [9.17, 15) is 4.79 Å². The zero-order valence-electron chi connectivity index (χ0n) is 18.4. The van der Waals surface area contributed by atoms with E-state index >= 15 is 0 Å². The Hall–Kier alpha value is -1.95. The SMILES string of the molecule is CCNC(=NCc1nc(C)c(C)s1)NCCC(=O)N1CCN(c2ccccn2)CC1.I. The van der Waals surface area contributed by atoms with Crippen LogP contribution in [0.4, 0.5) is 5.82 Å². The zero-order valence-corrected chi connectivity index (χ0v) is 21.6. The fourth-order valence-electron chi connectivity index (χ4n) is 3.27. The molecule has 1 amide bonds. The van der Waals surface area contributed by atoms with Crippen molar-refractivity contribution in [3.8, 4) is 0 Å². The lowest BCUT2D eigenvalue weighted by atomic mass is 10.2. The highest BCUT2D eigenvalue weighted by atomic mass is 127. The second-order valence-corrected chi connectivity index (χ2v) is 8.46. The summed E-state index contributed by atoms with van der Waals surface area (Å²) in [6.45, 7) is 11.1. The number of thiazole rings is 1. The molecule has 1 aliphatic heterocycles. The minimum Gasteiger partial charge on any atom is -0.357 e. The third-order valence-electron chi connectivity index (χ3n) is 5.03. The third kappa shape index (κ3) is 7.60. The normalized spacial score (nSPS) is 14.2. The maximum Gasteiger partial charge on any atom is 0.224 e. The van der Waals surface area contributed by atoms with Gasteiger partial charge in [0, 0.05) is 56.8 Å². The number of carbonyl (C=O) groups is 1. The predicted octanol–water partition coefficient (Wildman–Crippen LogP) is 2.57. The molecule has 0 spiro atoms. The molecular weight excluding hydrogens is 525 g/mol. The maximum atomic E-state index is 12.6. The van der Waals surface area contributed by atoms with Crippen LogP contribution in [0.1, 0.15) is 28.9 Å². The van der Waals surface area contributed by atoms with Gasteiger partial charge in [-0.05, 0) is 32.9 Å². The number of aromatic nitrogens is 2. The van der Waals surface area contributed by atoms with E-state index in [4.69, 9.17) is 0 Å².